The number of anilines is 1. The van der Waals surface area contributed by atoms with Crippen LogP contribution in [0.25, 0.3) is 10.9 Å². The Balaban J connectivity index is 1.57. The Hall–Kier alpha value is -4.86. The minimum atomic E-state index is -0.728. The van der Waals surface area contributed by atoms with E-state index in [-0.39, 0.29) is 34.1 Å². The van der Waals surface area contributed by atoms with E-state index < -0.39 is 16.7 Å². The summed E-state index contributed by atoms with van der Waals surface area (Å²) in [6.07, 6.45) is 0. The molecular weight excluding hydrogens is 414 g/mol. The number of hydrogen-bond donors (Lipinski definition) is 3. The van der Waals surface area contributed by atoms with Gasteiger partial charge >= 0.3 is 0 Å². The molecule has 0 saturated carbocycles. The topological polar surface area (TPSA) is 150 Å². The number of nitrogens with zero attached hydrogens (tertiary/aromatic N) is 3. The monoisotopic (exact) mass is 429 g/mol. The van der Waals surface area contributed by atoms with Crippen LogP contribution in [0.1, 0.15) is 20.7 Å². The van der Waals surface area contributed by atoms with Crippen molar-refractivity contribution in [3.63, 3.8) is 0 Å². The summed E-state index contributed by atoms with van der Waals surface area (Å²) in [6.45, 7) is 0. The van der Waals surface area contributed by atoms with Gasteiger partial charge in [-0.15, -0.1) is 10.2 Å². The van der Waals surface area contributed by atoms with Crippen LogP contribution in [0.15, 0.2) is 83.0 Å². The zero-order valence-electron chi connectivity index (χ0n) is 16.4. The first-order chi connectivity index (χ1) is 15.4. The highest BCUT2D eigenvalue weighted by molar-refractivity contribution is 6.09. The molecule has 0 aliphatic rings. The van der Waals surface area contributed by atoms with Gasteiger partial charge in [0.15, 0.2) is 5.69 Å². The summed E-state index contributed by atoms with van der Waals surface area (Å²) in [5, 5.41) is 31.6. The van der Waals surface area contributed by atoms with Crippen molar-refractivity contribution in [2.75, 3.05) is 5.32 Å². The van der Waals surface area contributed by atoms with E-state index in [9.17, 15) is 24.8 Å². The number of fused-ring (bicyclic) bond motifs is 1. The number of nitro benzene ring substituents is 1. The molecule has 3 aromatic carbocycles. The fraction of sp³-hybridized carbons (Fsp3) is 0. The van der Waals surface area contributed by atoms with E-state index in [0.717, 1.165) is 0 Å². The van der Waals surface area contributed by atoms with Crippen LogP contribution in [0.4, 0.5) is 17.1 Å². The van der Waals surface area contributed by atoms with Crippen molar-refractivity contribution in [3.05, 3.63) is 94.0 Å². The van der Waals surface area contributed by atoms with Crippen molar-refractivity contribution in [1.82, 2.24) is 4.98 Å². The molecule has 32 heavy (non-hydrogen) atoms. The number of azo groups is 1. The first-order valence-electron chi connectivity index (χ1n) is 9.34. The Kier molecular flexibility index (Phi) is 5.41. The summed E-state index contributed by atoms with van der Waals surface area (Å²) in [5.74, 6) is -1.50. The van der Waals surface area contributed by atoms with Crippen molar-refractivity contribution in [1.29, 1.82) is 0 Å². The quantitative estimate of drug-likeness (QED) is 0.233. The predicted octanol–water partition coefficient (Wildman–Crippen LogP) is 4.96. The number of para-hydroxylation sites is 2. The molecule has 4 aromatic rings. The molecule has 2 amide bonds. The lowest BCUT2D eigenvalue weighted by atomic mass is 10.1. The van der Waals surface area contributed by atoms with E-state index >= 15 is 0 Å². The summed E-state index contributed by atoms with van der Waals surface area (Å²) >= 11 is 0. The van der Waals surface area contributed by atoms with Crippen LogP contribution in [0.2, 0.25) is 0 Å². The van der Waals surface area contributed by atoms with Crippen molar-refractivity contribution < 1.29 is 19.6 Å². The Labute approximate surface area is 180 Å². The zero-order chi connectivity index (χ0) is 22.7. The van der Waals surface area contributed by atoms with Crippen LogP contribution in [-0.2, 0) is 0 Å². The van der Waals surface area contributed by atoms with E-state index in [1.165, 1.54) is 36.4 Å². The Bertz CT molecular complexity index is 1380. The van der Waals surface area contributed by atoms with Crippen LogP contribution in [0.5, 0.6) is 5.88 Å². The lowest BCUT2D eigenvalue weighted by molar-refractivity contribution is -0.384. The third kappa shape index (κ3) is 4.05. The standard InChI is InChI=1S/C22H15N5O5/c28-20(13-9-11-14(12-10-13)27(31)32)23-18-8-4-2-6-16(18)21(29)26-25-19-15-5-1-3-7-17(15)24-22(19)30/h1-12,24,30H,(H,23,28). The van der Waals surface area contributed by atoms with Gasteiger partial charge < -0.3 is 15.4 Å². The number of aromatic nitrogens is 1. The van der Waals surface area contributed by atoms with Crippen molar-refractivity contribution in [3.8, 4) is 5.88 Å². The van der Waals surface area contributed by atoms with Gasteiger partial charge in [-0.25, -0.2) is 0 Å². The summed E-state index contributed by atoms with van der Waals surface area (Å²) in [5.41, 5.74) is 1.10. The largest absolute Gasteiger partial charge is 0.493 e. The molecular formula is C22H15N5O5. The van der Waals surface area contributed by atoms with Gasteiger partial charge in [-0.3, -0.25) is 19.7 Å². The number of aromatic amines is 1. The lowest BCUT2D eigenvalue weighted by Gasteiger charge is -2.08. The van der Waals surface area contributed by atoms with E-state index in [0.29, 0.717) is 10.9 Å². The van der Waals surface area contributed by atoms with Gasteiger partial charge in [0.1, 0.15) is 0 Å². The van der Waals surface area contributed by atoms with Crippen LogP contribution in [-0.4, -0.2) is 26.8 Å². The maximum absolute atomic E-state index is 12.7. The molecule has 1 aromatic heterocycles. The highest BCUT2D eigenvalue weighted by Crippen LogP contribution is 2.35. The van der Waals surface area contributed by atoms with Gasteiger partial charge in [-0.05, 0) is 30.3 Å². The van der Waals surface area contributed by atoms with E-state index in [1.807, 2.05) is 0 Å². The number of non-ortho nitro benzene ring substituents is 1. The second-order valence-corrected chi connectivity index (χ2v) is 6.68. The van der Waals surface area contributed by atoms with Crippen LogP contribution < -0.4 is 5.32 Å². The Morgan fingerprint density at radius 2 is 1.66 bits per heavy atom. The predicted molar refractivity (Wildman–Crippen MR) is 116 cm³/mol. The summed E-state index contributed by atoms with van der Waals surface area (Å²) < 4.78 is 0. The number of nitro groups is 1. The van der Waals surface area contributed by atoms with Crippen LogP contribution in [0, 0.1) is 10.1 Å². The van der Waals surface area contributed by atoms with Crippen LogP contribution in [0.3, 0.4) is 0 Å². The Morgan fingerprint density at radius 3 is 2.41 bits per heavy atom. The molecule has 3 N–H and O–H groups in total. The van der Waals surface area contributed by atoms with E-state index in [2.05, 4.69) is 20.5 Å². The SMILES string of the molecule is O=C(Nc1ccccc1C(=O)N=Nc1c(O)[nH]c2ccccc12)c1ccc([N+](=O)[O-])cc1. The highest BCUT2D eigenvalue weighted by Gasteiger charge is 2.16. The molecule has 158 valence electrons. The molecule has 0 atom stereocenters. The molecule has 0 unspecified atom stereocenters. The number of hydrogen-bond acceptors (Lipinski definition) is 6. The zero-order valence-corrected chi connectivity index (χ0v) is 16.4. The van der Waals surface area contributed by atoms with Gasteiger partial charge in [0.2, 0.25) is 5.88 Å². The van der Waals surface area contributed by atoms with Gasteiger partial charge in [0.25, 0.3) is 17.5 Å². The molecule has 4 rings (SSSR count). The van der Waals surface area contributed by atoms with Crippen LogP contribution >= 0.6 is 0 Å². The van der Waals surface area contributed by atoms with Crippen molar-refractivity contribution >= 4 is 39.8 Å². The third-order valence-electron chi connectivity index (χ3n) is 4.65. The summed E-state index contributed by atoms with van der Waals surface area (Å²) in [7, 11) is 0. The number of nitrogens with one attached hydrogen (secondary N) is 2. The molecule has 10 heteroatoms. The first kappa shape index (κ1) is 20.4. The molecule has 0 saturated heterocycles. The summed E-state index contributed by atoms with van der Waals surface area (Å²) in [6, 6.07) is 18.3. The fourth-order valence-corrected chi connectivity index (χ4v) is 3.07. The fourth-order valence-electron chi connectivity index (χ4n) is 3.07. The Morgan fingerprint density at radius 1 is 0.969 bits per heavy atom. The minimum absolute atomic E-state index is 0.0887. The highest BCUT2D eigenvalue weighted by atomic mass is 16.6. The average Bonchev–Trinajstić information content (AvgIpc) is 3.12. The number of carbonyl (C=O) groups excluding carboxylic acids is 2. The number of carbonyl (C=O) groups is 2. The maximum atomic E-state index is 12.7. The second kappa shape index (κ2) is 8.48. The number of aromatic hydroxyl groups is 1. The number of benzene rings is 3. The number of H-pyrrole nitrogens is 1. The number of rotatable bonds is 5. The van der Waals surface area contributed by atoms with E-state index in [1.54, 1.807) is 36.4 Å². The van der Waals surface area contributed by atoms with Gasteiger partial charge in [0, 0.05) is 23.1 Å². The molecule has 0 radical (unpaired) electrons. The second-order valence-electron chi connectivity index (χ2n) is 6.68. The lowest BCUT2D eigenvalue weighted by Crippen LogP contribution is -2.14. The van der Waals surface area contributed by atoms with Crippen molar-refractivity contribution in [2.45, 2.75) is 0 Å². The molecule has 1 heterocycles. The molecule has 0 bridgehead atoms. The third-order valence-corrected chi connectivity index (χ3v) is 4.65. The van der Waals surface area contributed by atoms with Gasteiger partial charge in [0.05, 0.1) is 21.7 Å². The van der Waals surface area contributed by atoms with E-state index in [4.69, 9.17) is 0 Å². The first-order valence-corrected chi connectivity index (χ1v) is 9.34. The molecule has 0 fully saturated rings. The minimum Gasteiger partial charge on any atom is -0.493 e. The van der Waals surface area contributed by atoms with Gasteiger partial charge in [-0.2, -0.15) is 0 Å². The molecule has 10 nitrogen and oxygen atoms in total. The smallest absolute Gasteiger partial charge is 0.297 e. The maximum Gasteiger partial charge on any atom is 0.297 e. The average molecular weight is 429 g/mol. The summed E-state index contributed by atoms with van der Waals surface area (Å²) in [4.78, 5) is 38.1. The number of amides is 2. The molecule has 0 aliphatic carbocycles. The molecule has 0 aliphatic heterocycles. The van der Waals surface area contributed by atoms with Gasteiger partial charge in [-0.1, -0.05) is 30.3 Å². The van der Waals surface area contributed by atoms with Crippen molar-refractivity contribution in [2.24, 2.45) is 10.2 Å². The normalized spacial score (nSPS) is 11.0. The molecule has 0 spiro atoms.